The number of halogens is 1. The van der Waals surface area contributed by atoms with Gasteiger partial charge in [0.25, 0.3) is 0 Å². The van der Waals surface area contributed by atoms with E-state index in [0.29, 0.717) is 45.0 Å². The molecule has 1 unspecified atom stereocenters. The lowest BCUT2D eigenvalue weighted by Gasteiger charge is -2.39. The van der Waals surface area contributed by atoms with Crippen LogP contribution in [0, 0.1) is 6.92 Å². The summed E-state index contributed by atoms with van der Waals surface area (Å²) in [5, 5.41) is 6.03. The predicted octanol–water partition coefficient (Wildman–Crippen LogP) is 2.22. The quantitative estimate of drug-likeness (QED) is 0.580. The number of aromatic nitrogens is 1. The highest BCUT2D eigenvalue weighted by Crippen LogP contribution is 2.18. The van der Waals surface area contributed by atoms with Gasteiger partial charge in [-0.3, -0.25) is 9.79 Å². The molecule has 2 amide bonds. The van der Waals surface area contributed by atoms with Crippen molar-refractivity contribution in [2.45, 2.75) is 45.8 Å². The first kappa shape index (κ1) is 24.2. The summed E-state index contributed by atoms with van der Waals surface area (Å²) < 4.78 is 5.46. The van der Waals surface area contributed by atoms with Gasteiger partial charge in [0.2, 0.25) is 5.91 Å². The molecule has 0 aliphatic carbocycles. The Bertz CT molecular complexity index is 778. The van der Waals surface area contributed by atoms with Crippen LogP contribution in [0.25, 0.3) is 0 Å². The van der Waals surface area contributed by atoms with Crippen LogP contribution < -0.4 is 10.6 Å². The molecular formula is C20H31IN6O3. The Balaban J connectivity index is 0.00000320. The van der Waals surface area contributed by atoms with E-state index in [4.69, 9.17) is 4.74 Å². The number of carbonyl (C=O) groups excluding carboxylic acids is 2. The summed E-state index contributed by atoms with van der Waals surface area (Å²) in [6.07, 6.45) is 1.76. The van der Waals surface area contributed by atoms with Gasteiger partial charge in [-0.25, -0.2) is 9.78 Å². The summed E-state index contributed by atoms with van der Waals surface area (Å²) in [4.78, 5) is 37.0. The zero-order valence-corrected chi connectivity index (χ0v) is 20.3. The highest BCUT2D eigenvalue weighted by molar-refractivity contribution is 14.0. The van der Waals surface area contributed by atoms with Crippen molar-refractivity contribution in [3.05, 3.63) is 23.9 Å². The molecule has 2 N–H and O–H groups in total. The monoisotopic (exact) mass is 530 g/mol. The van der Waals surface area contributed by atoms with Gasteiger partial charge in [0, 0.05) is 38.8 Å². The zero-order valence-electron chi connectivity index (χ0n) is 18.0. The first-order chi connectivity index (χ1) is 13.7. The summed E-state index contributed by atoms with van der Waals surface area (Å²) in [5.41, 5.74) is 0.548. The van der Waals surface area contributed by atoms with Gasteiger partial charge < -0.3 is 25.2 Å². The highest BCUT2D eigenvalue weighted by atomic mass is 127. The Hall–Kier alpha value is -2.11. The minimum absolute atomic E-state index is 0. The van der Waals surface area contributed by atoms with Crippen molar-refractivity contribution in [2.75, 3.05) is 38.0 Å². The lowest BCUT2D eigenvalue weighted by atomic mass is 10.2. The molecule has 2 aliphatic rings. The minimum Gasteiger partial charge on any atom is -0.444 e. The zero-order chi connectivity index (χ0) is 21.0. The molecule has 1 fully saturated rings. The summed E-state index contributed by atoms with van der Waals surface area (Å²) in [7, 11) is 0. The molecule has 9 nitrogen and oxygen atoms in total. The second-order valence-corrected chi connectivity index (χ2v) is 8.38. The van der Waals surface area contributed by atoms with Gasteiger partial charge in [-0.05, 0) is 39.3 Å². The molecule has 0 saturated carbocycles. The van der Waals surface area contributed by atoms with Crippen molar-refractivity contribution < 1.29 is 14.3 Å². The van der Waals surface area contributed by atoms with Crippen LogP contribution in [0.2, 0.25) is 0 Å². The second kappa shape index (κ2) is 10.3. The first-order valence-corrected chi connectivity index (χ1v) is 9.97. The number of pyridine rings is 1. The topological polar surface area (TPSA) is 99.2 Å². The summed E-state index contributed by atoms with van der Waals surface area (Å²) in [5.74, 6) is 1.25. The number of carbonyl (C=O) groups is 2. The van der Waals surface area contributed by atoms with E-state index in [9.17, 15) is 9.59 Å². The van der Waals surface area contributed by atoms with E-state index in [1.807, 2.05) is 33.8 Å². The average molecular weight is 530 g/mol. The lowest BCUT2D eigenvalue weighted by Crippen LogP contribution is -2.57. The maximum Gasteiger partial charge on any atom is 0.410 e. The number of aryl methyl sites for hydroxylation is 1. The third kappa shape index (κ3) is 6.71. The molecule has 0 aromatic carbocycles. The number of amides is 2. The number of hydrogen-bond donors (Lipinski definition) is 2. The van der Waals surface area contributed by atoms with E-state index in [2.05, 4.69) is 25.5 Å². The molecule has 3 heterocycles. The summed E-state index contributed by atoms with van der Waals surface area (Å²) in [6.45, 7) is 10.5. The van der Waals surface area contributed by atoms with Crippen molar-refractivity contribution in [1.82, 2.24) is 20.1 Å². The first-order valence-electron chi connectivity index (χ1n) is 9.97. The maximum absolute atomic E-state index is 12.3. The van der Waals surface area contributed by atoms with E-state index in [1.165, 1.54) is 0 Å². The third-order valence-corrected chi connectivity index (χ3v) is 4.67. The number of aliphatic imine (C=N–C) groups is 1. The van der Waals surface area contributed by atoms with Crippen LogP contribution in [0.4, 0.5) is 10.6 Å². The maximum atomic E-state index is 12.3. The Morgan fingerprint density at radius 2 is 2.03 bits per heavy atom. The van der Waals surface area contributed by atoms with Crippen LogP contribution in [0.1, 0.15) is 32.8 Å². The fourth-order valence-electron chi connectivity index (χ4n) is 3.26. The SMILES string of the molecule is Cc1ccc(NC(=O)CCNC2=NCC3CN(C(=O)OC(C)(C)C)CCN23)nc1.I. The van der Waals surface area contributed by atoms with Crippen molar-refractivity contribution in [3.8, 4) is 0 Å². The summed E-state index contributed by atoms with van der Waals surface area (Å²) >= 11 is 0. The largest absolute Gasteiger partial charge is 0.444 e. The number of ether oxygens (including phenoxy) is 1. The third-order valence-electron chi connectivity index (χ3n) is 4.67. The fourth-order valence-corrected chi connectivity index (χ4v) is 3.26. The van der Waals surface area contributed by atoms with E-state index in [0.717, 1.165) is 11.5 Å². The van der Waals surface area contributed by atoms with Crippen LogP contribution in [0.3, 0.4) is 0 Å². The van der Waals surface area contributed by atoms with E-state index in [1.54, 1.807) is 17.2 Å². The van der Waals surface area contributed by atoms with E-state index >= 15 is 0 Å². The highest BCUT2D eigenvalue weighted by Gasteiger charge is 2.36. The van der Waals surface area contributed by atoms with Crippen molar-refractivity contribution >= 4 is 47.8 Å². The molecule has 2 aliphatic heterocycles. The average Bonchev–Trinajstić information content (AvgIpc) is 3.04. The van der Waals surface area contributed by atoms with Gasteiger partial charge in [0.1, 0.15) is 11.4 Å². The molecule has 0 bridgehead atoms. The van der Waals surface area contributed by atoms with Gasteiger partial charge in [-0.2, -0.15) is 0 Å². The fraction of sp³-hybridized carbons (Fsp3) is 0.600. The number of anilines is 1. The molecule has 30 heavy (non-hydrogen) atoms. The van der Waals surface area contributed by atoms with Crippen LogP contribution in [0.5, 0.6) is 0 Å². The van der Waals surface area contributed by atoms with Crippen LogP contribution >= 0.6 is 24.0 Å². The molecule has 1 aromatic rings. The number of guanidine groups is 1. The Labute approximate surface area is 194 Å². The number of piperazine rings is 1. The van der Waals surface area contributed by atoms with Crippen molar-refractivity contribution in [2.24, 2.45) is 4.99 Å². The Morgan fingerprint density at radius 1 is 1.27 bits per heavy atom. The molecule has 0 radical (unpaired) electrons. The van der Waals surface area contributed by atoms with Gasteiger partial charge in [-0.1, -0.05) is 6.07 Å². The number of hydrogen-bond acceptors (Lipinski definition) is 7. The Morgan fingerprint density at radius 3 is 2.70 bits per heavy atom. The normalized spacial score (nSPS) is 18.1. The Kier molecular flexibility index (Phi) is 8.27. The smallest absolute Gasteiger partial charge is 0.410 e. The van der Waals surface area contributed by atoms with Crippen LogP contribution in [-0.4, -0.2) is 77.1 Å². The number of nitrogens with one attached hydrogen (secondary N) is 2. The van der Waals surface area contributed by atoms with E-state index in [-0.39, 0.29) is 42.0 Å². The van der Waals surface area contributed by atoms with Crippen LogP contribution in [0.15, 0.2) is 23.3 Å². The second-order valence-electron chi connectivity index (χ2n) is 8.38. The summed E-state index contributed by atoms with van der Waals surface area (Å²) in [6, 6.07) is 3.84. The van der Waals surface area contributed by atoms with Gasteiger partial charge in [0.15, 0.2) is 5.96 Å². The molecular weight excluding hydrogens is 499 g/mol. The lowest BCUT2D eigenvalue weighted by molar-refractivity contribution is -0.116. The molecule has 166 valence electrons. The molecule has 1 saturated heterocycles. The van der Waals surface area contributed by atoms with Gasteiger partial charge in [0.05, 0.1) is 12.6 Å². The van der Waals surface area contributed by atoms with Gasteiger partial charge >= 0.3 is 6.09 Å². The molecule has 0 spiro atoms. The van der Waals surface area contributed by atoms with Crippen molar-refractivity contribution in [1.29, 1.82) is 0 Å². The van der Waals surface area contributed by atoms with Crippen LogP contribution in [-0.2, 0) is 9.53 Å². The van der Waals surface area contributed by atoms with Gasteiger partial charge in [-0.15, -0.1) is 24.0 Å². The minimum atomic E-state index is -0.498. The van der Waals surface area contributed by atoms with E-state index < -0.39 is 5.60 Å². The standard InChI is InChI=1S/C20H30N6O3.HI/c1-14-5-6-16(22-11-14)24-17(27)7-8-21-18-23-12-15-13-25(9-10-26(15)18)19(28)29-20(2,3)4;/h5-6,11,15H,7-10,12-13H2,1-4H3,(H,21,23)(H,22,24,27);1H. The molecule has 1 atom stereocenters. The number of nitrogens with zero attached hydrogens (tertiary/aromatic N) is 4. The molecule has 3 rings (SSSR count). The molecule has 1 aromatic heterocycles. The predicted molar refractivity (Wildman–Crippen MR) is 126 cm³/mol. The van der Waals surface area contributed by atoms with Crippen molar-refractivity contribution in [3.63, 3.8) is 0 Å². The number of fused-ring (bicyclic) bond motifs is 1. The number of rotatable bonds is 4. The molecule has 10 heteroatoms.